The smallest absolute Gasteiger partial charge is 0.0520 e. The molecule has 3 N–H and O–H groups in total. The van der Waals surface area contributed by atoms with E-state index in [0.29, 0.717) is 0 Å². The number of aryl methyl sites for hydroxylation is 1. The zero-order valence-corrected chi connectivity index (χ0v) is 9.47. The second-order valence-electron chi connectivity index (χ2n) is 3.51. The Balaban J connectivity index is 2.51. The first-order valence-electron chi connectivity index (χ1n) is 4.76. The van der Waals surface area contributed by atoms with E-state index in [1.54, 1.807) is 11.8 Å². The normalized spacial score (nSPS) is 12.8. The minimum Gasteiger partial charge on any atom is -0.399 e. The number of nitrogen functional groups attached to an aromatic ring is 1. The van der Waals surface area contributed by atoms with Crippen molar-refractivity contribution in [3.8, 4) is 0 Å². The second-order valence-corrected chi connectivity index (χ2v) is 4.65. The van der Waals surface area contributed by atoms with Crippen molar-refractivity contribution in [1.82, 2.24) is 0 Å². The van der Waals surface area contributed by atoms with Crippen LogP contribution < -0.4 is 5.73 Å². The number of aliphatic hydroxyl groups excluding tert-OH is 1. The van der Waals surface area contributed by atoms with Gasteiger partial charge in [-0.15, -0.1) is 11.8 Å². The SMILES string of the molecule is Cc1cc(N)ccc1SCCC(C)O. The van der Waals surface area contributed by atoms with Crippen molar-refractivity contribution in [2.45, 2.75) is 31.3 Å². The van der Waals surface area contributed by atoms with Crippen LogP contribution in [-0.4, -0.2) is 17.0 Å². The molecule has 0 aliphatic carbocycles. The Labute approximate surface area is 89.5 Å². The van der Waals surface area contributed by atoms with Crippen molar-refractivity contribution in [3.63, 3.8) is 0 Å². The van der Waals surface area contributed by atoms with E-state index in [1.165, 1.54) is 10.5 Å². The van der Waals surface area contributed by atoms with Crippen molar-refractivity contribution in [1.29, 1.82) is 0 Å². The highest BCUT2D eigenvalue weighted by Gasteiger charge is 2.01. The van der Waals surface area contributed by atoms with Gasteiger partial charge in [0.1, 0.15) is 0 Å². The first-order chi connectivity index (χ1) is 6.59. The number of benzene rings is 1. The fourth-order valence-electron chi connectivity index (χ4n) is 1.17. The number of anilines is 1. The van der Waals surface area contributed by atoms with Gasteiger partial charge in [0.2, 0.25) is 0 Å². The molecule has 0 bridgehead atoms. The third-order valence-electron chi connectivity index (χ3n) is 1.99. The molecule has 0 radical (unpaired) electrons. The first kappa shape index (κ1) is 11.4. The summed E-state index contributed by atoms with van der Waals surface area (Å²) < 4.78 is 0. The monoisotopic (exact) mass is 211 g/mol. The zero-order valence-electron chi connectivity index (χ0n) is 8.66. The maximum absolute atomic E-state index is 9.11. The standard InChI is InChI=1S/C11H17NOS/c1-8-7-10(12)3-4-11(8)14-6-5-9(2)13/h3-4,7,9,13H,5-6,12H2,1-2H3. The number of thioether (sulfide) groups is 1. The highest BCUT2D eigenvalue weighted by Crippen LogP contribution is 2.24. The lowest BCUT2D eigenvalue weighted by atomic mass is 10.2. The molecule has 0 saturated heterocycles. The molecule has 1 unspecified atom stereocenters. The highest BCUT2D eigenvalue weighted by molar-refractivity contribution is 7.99. The molecular weight excluding hydrogens is 194 g/mol. The van der Waals surface area contributed by atoms with Gasteiger partial charge < -0.3 is 10.8 Å². The molecular formula is C11H17NOS. The maximum atomic E-state index is 9.11. The Morgan fingerprint density at radius 2 is 2.21 bits per heavy atom. The molecule has 1 aromatic carbocycles. The molecule has 1 atom stereocenters. The zero-order chi connectivity index (χ0) is 10.6. The van der Waals surface area contributed by atoms with E-state index in [2.05, 4.69) is 6.92 Å². The molecule has 0 saturated carbocycles. The summed E-state index contributed by atoms with van der Waals surface area (Å²) in [6, 6.07) is 5.93. The van der Waals surface area contributed by atoms with Crippen molar-refractivity contribution in [3.05, 3.63) is 23.8 Å². The van der Waals surface area contributed by atoms with Crippen molar-refractivity contribution in [2.75, 3.05) is 11.5 Å². The Hall–Kier alpha value is -0.670. The average Bonchev–Trinajstić information content (AvgIpc) is 2.08. The summed E-state index contributed by atoms with van der Waals surface area (Å²) in [5.74, 6) is 0.947. The predicted octanol–water partition coefficient (Wildman–Crippen LogP) is 2.44. The fourth-order valence-corrected chi connectivity index (χ4v) is 2.30. The van der Waals surface area contributed by atoms with Gasteiger partial charge in [-0.25, -0.2) is 0 Å². The molecule has 0 aliphatic rings. The quantitative estimate of drug-likeness (QED) is 0.594. The topological polar surface area (TPSA) is 46.2 Å². The molecule has 2 nitrogen and oxygen atoms in total. The Morgan fingerprint density at radius 3 is 2.79 bits per heavy atom. The van der Waals surface area contributed by atoms with Crippen LogP contribution >= 0.6 is 11.8 Å². The lowest BCUT2D eigenvalue weighted by molar-refractivity contribution is 0.192. The summed E-state index contributed by atoms with van der Waals surface area (Å²) in [6.45, 7) is 3.87. The van der Waals surface area contributed by atoms with E-state index in [-0.39, 0.29) is 6.10 Å². The van der Waals surface area contributed by atoms with Gasteiger partial charge in [-0.05, 0) is 44.0 Å². The van der Waals surface area contributed by atoms with E-state index >= 15 is 0 Å². The Morgan fingerprint density at radius 1 is 1.50 bits per heavy atom. The molecule has 0 amide bonds. The van der Waals surface area contributed by atoms with E-state index in [4.69, 9.17) is 10.8 Å². The number of rotatable bonds is 4. The number of hydrogen-bond donors (Lipinski definition) is 2. The minimum absolute atomic E-state index is 0.211. The van der Waals surface area contributed by atoms with Crippen molar-refractivity contribution >= 4 is 17.4 Å². The molecule has 0 heterocycles. The van der Waals surface area contributed by atoms with E-state index < -0.39 is 0 Å². The third-order valence-corrected chi connectivity index (χ3v) is 3.20. The van der Waals surface area contributed by atoms with Gasteiger partial charge in [0.25, 0.3) is 0 Å². The predicted molar refractivity (Wildman–Crippen MR) is 62.6 cm³/mol. The average molecular weight is 211 g/mol. The van der Waals surface area contributed by atoms with Gasteiger partial charge in [-0.1, -0.05) is 0 Å². The van der Waals surface area contributed by atoms with Gasteiger partial charge >= 0.3 is 0 Å². The highest BCUT2D eigenvalue weighted by atomic mass is 32.2. The molecule has 0 spiro atoms. The fraction of sp³-hybridized carbons (Fsp3) is 0.455. The summed E-state index contributed by atoms with van der Waals surface area (Å²) in [5.41, 5.74) is 7.67. The van der Waals surface area contributed by atoms with Crippen molar-refractivity contribution in [2.24, 2.45) is 0 Å². The summed E-state index contributed by atoms with van der Waals surface area (Å²) in [4.78, 5) is 1.25. The summed E-state index contributed by atoms with van der Waals surface area (Å²) in [6.07, 6.45) is 0.616. The summed E-state index contributed by atoms with van der Waals surface area (Å²) in [5, 5.41) is 9.11. The Bertz CT molecular complexity index is 299. The van der Waals surface area contributed by atoms with Crippen LogP contribution in [0.15, 0.2) is 23.1 Å². The van der Waals surface area contributed by atoms with Crippen LogP contribution in [0.3, 0.4) is 0 Å². The molecule has 1 aromatic rings. The Kier molecular flexibility index (Phi) is 4.29. The lowest BCUT2D eigenvalue weighted by Crippen LogP contribution is -2.00. The minimum atomic E-state index is -0.211. The lowest BCUT2D eigenvalue weighted by Gasteiger charge is -2.07. The van der Waals surface area contributed by atoms with Crippen LogP contribution in [0, 0.1) is 6.92 Å². The van der Waals surface area contributed by atoms with E-state index in [9.17, 15) is 0 Å². The second kappa shape index (κ2) is 5.27. The largest absolute Gasteiger partial charge is 0.399 e. The van der Waals surface area contributed by atoms with E-state index in [1.807, 2.05) is 25.1 Å². The summed E-state index contributed by atoms with van der Waals surface area (Å²) in [7, 11) is 0. The maximum Gasteiger partial charge on any atom is 0.0520 e. The number of nitrogens with two attached hydrogens (primary N) is 1. The van der Waals surface area contributed by atoms with Crippen LogP contribution in [-0.2, 0) is 0 Å². The van der Waals surface area contributed by atoms with Gasteiger partial charge in [-0.2, -0.15) is 0 Å². The van der Waals surface area contributed by atoms with Gasteiger partial charge in [0, 0.05) is 16.3 Å². The molecule has 1 rings (SSSR count). The summed E-state index contributed by atoms with van der Waals surface area (Å²) >= 11 is 1.77. The number of aliphatic hydroxyl groups is 1. The van der Waals surface area contributed by atoms with Gasteiger partial charge in [-0.3, -0.25) is 0 Å². The van der Waals surface area contributed by atoms with E-state index in [0.717, 1.165) is 17.9 Å². The van der Waals surface area contributed by atoms with Crippen LogP contribution in [0.25, 0.3) is 0 Å². The molecule has 0 aromatic heterocycles. The van der Waals surface area contributed by atoms with Crippen molar-refractivity contribution < 1.29 is 5.11 Å². The first-order valence-corrected chi connectivity index (χ1v) is 5.75. The van der Waals surface area contributed by atoms with Crippen LogP contribution in [0.4, 0.5) is 5.69 Å². The molecule has 0 fully saturated rings. The molecule has 3 heteroatoms. The molecule has 78 valence electrons. The van der Waals surface area contributed by atoms with Crippen LogP contribution in [0.5, 0.6) is 0 Å². The van der Waals surface area contributed by atoms with Gasteiger partial charge in [0.05, 0.1) is 6.10 Å². The van der Waals surface area contributed by atoms with Crippen LogP contribution in [0.2, 0.25) is 0 Å². The van der Waals surface area contributed by atoms with Crippen LogP contribution in [0.1, 0.15) is 18.9 Å². The molecule has 14 heavy (non-hydrogen) atoms. The molecule has 0 aliphatic heterocycles. The number of hydrogen-bond acceptors (Lipinski definition) is 3. The third kappa shape index (κ3) is 3.60. The van der Waals surface area contributed by atoms with Gasteiger partial charge in [0.15, 0.2) is 0 Å².